The lowest BCUT2D eigenvalue weighted by Crippen LogP contribution is -2.50. The average Bonchev–Trinajstić information content (AvgIpc) is 3.52. The van der Waals surface area contributed by atoms with E-state index >= 15 is 0 Å². The second kappa shape index (κ2) is 8.47. The van der Waals surface area contributed by atoms with Crippen LogP contribution in [0.5, 0.6) is 0 Å². The Balaban J connectivity index is 2.00. The van der Waals surface area contributed by atoms with Gasteiger partial charge < -0.3 is 14.8 Å². The monoisotopic (exact) mass is 390 g/mol. The van der Waals surface area contributed by atoms with Gasteiger partial charge in [-0.2, -0.15) is 0 Å². The molecule has 8 heteroatoms. The van der Waals surface area contributed by atoms with Crippen LogP contribution in [0.2, 0.25) is 0 Å². The van der Waals surface area contributed by atoms with Gasteiger partial charge in [-0.05, 0) is 18.4 Å². The van der Waals surface area contributed by atoms with Crippen LogP contribution in [0.25, 0.3) is 0 Å². The number of carbonyl (C=O) groups is 3. The molecule has 0 aromatic heterocycles. The maximum atomic E-state index is 12.8. The number of nitrogens with one attached hydrogen (secondary N) is 1. The van der Waals surface area contributed by atoms with Crippen LogP contribution in [0.15, 0.2) is 41.6 Å². The van der Waals surface area contributed by atoms with Gasteiger partial charge in [0, 0.05) is 17.5 Å². The number of rotatable bonds is 7. The van der Waals surface area contributed by atoms with Crippen LogP contribution in [-0.4, -0.2) is 54.6 Å². The number of nitrogens with zero attached hydrogens (tertiary/aromatic N) is 1. The summed E-state index contributed by atoms with van der Waals surface area (Å²) < 4.78 is 9.70. The molecule has 2 amide bonds. The van der Waals surface area contributed by atoms with Crippen LogP contribution < -0.4 is 5.32 Å². The second-order valence-electron chi connectivity index (χ2n) is 6.32. The Morgan fingerprint density at radius 3 is 2.48 bits per heavy atom. The molecular formula is C19H22N2O5S. The normalized spacial score (nSPS) is 19.6. The minimum Gasteiger partial charge on any atom is -0.468 e. The summed E-state index contributed by atoms with van der Waals surface area (Å²) in [6, 6.07) is 8.57. The molecule has 0 spiro atoms. The molecule has 1 aliphatic heterocycles. The number of hydrogen-bond acceptors (Lipinski definition) is 6. The molecule has 1 heterocycles. The van der Waals surface area contributed by atoms with Gasteiger partial charge in [-0.3, -0.25) is 9.69 Å². The van der Waals surface area contributed by atoms with E-state index in [1.54, 1.807) is 4.90 Å². The van der Waals surface area contributed by atoms with Crippen LogP contribution in [0, 0.1) is 0 Å². The van der Waals surface area contributed by atoms with E-state index in [0.717, 1.165) is 18.4 Å². The van der Waals surface area contributed by atoms with Gasteiger partial charge in [0.05, 0.1) is 31.6 Å². The van der Waals surface area contributed by atoms with Gasteiger partial charge in [0.2, 0.25) is 0 Å². The molecule has 7 nitrogen and oxygen atoms in total. The quantitative estimate of drug-likeness (QED) is 0.719. The number of amides is 2. The Labute approximate surface area is 162 Å². The van der Waals surface area contributed by atoms with Crippen molar-refractivity contribution in [2.45, 2.75) is 24.9 Å². The molecule has 1 atom stereocenters. The van der Waals surface area contributed by atoms with E-state index in [9.17, 15) is 14.4 Å². The van der Waals surface area contributed by atoms with E-state index in [1.807, 2.05) is 30.3 Å². The predicted octanol–water partition coefficient (Wildman–Crippen LogP) is 2.25. The lowest BCUT2D eigenvalue weighted by Gasteiger charge is -2.36. The first-order valence-electron chi connectivity index (χ1n) is 8.67. The molecular weight excluding hydrogens is 368 g/mol. The predicted molar refractivity (Wildman–Crippen MR) is 101 cm³/mol. The molecule has 1 fully saturated rings. The lowest BCUT2D eigenvalue weighted by molar-refractivity contribution is -0.138. The first-order chi connectivity index (χ1) is 13.1. The minimum atomic E-state index is -0.588. The highest BCUT2D eigenvalue weighted by molar-refractivity contribution is 8.00. The summed E-state index contributed by atoms with van der Waals surface area (Å²) in [6.07, 6.45) is 1.78. The summed E-state index contributed by atoms with van der Waals surface area (Å²) >= 11 is 1.31. The van der Waals surface area contributed by atoms with Gasteiger partial charge in [-0.1, -0.05) is 30.3 Å². The van der Waals surface area contributed by atoms with Crippen molar-refractivity contribution in [1.82, 2.24) is 10.2 Å². The summed E-state index contributed by atoms with van der Waals surface area (Å²) in [7, 11) is 2.66. The molecule has 0 radical (unpaired) electrons. The van der Waals surface area contributed by atoms with E-state index in [-0.39, 0.29) is 23.8 Å². The van der Waals surface area contributed by atoms with E-state index in [0.29, 0.717) is 17.0 Å². The molecule has 1 aromatic carbocycles. The number of methoxy groups -OCH3 is 2. The lowest BCUT2D eigenvalue weighted by atomic mass is 9.95. The van der Waals surface area contributed by atoms with Crippen LogP contribution in [0.4, 0.5) is 4.79 Å². The third kappa shape index (κ3) is 4.27. The Morgan fingerprint density at radius 1 is 1.19 bits per heavy atom. The summed E-state index contributed by atoms with van der Waals surface area (Å²) in [6.45, 7) is 0. The van der Waals surface area contributed by atoms with Crippen molar-refractivity contribution in [2.75, 3.05) is 25.7 Å². The van der Waals surface area contributed by atoms with Crippen molar-refractivity contribution in [3.8, 4) is 0 Å². The second-order valence-corrected chi connectivity index (χ2v) is 7.30. The maximum absolute atomic E-state index is 12.8. The van der Waals surface area contributed by atoms with Crippen LogP contribution in [0.3, 0.4) is 0 Å². The number of carbonyl (C=O) groups excluding carboxylic acids is 3. The molecule has 1 aliphatic carbocycles. The summed E-state index contributed by atoms with van der Waals surface area (Å²) in [5.74, 6) is -0.349. The first kappa shape index (κ1) is 19.3. The first-order valence-corrected chi connectivity index (χ1v) is 9.82. The third-order valence-corrected chi connectivity index (χ3v) is 5.43. The zero-order valence-electron chi connectivity index (χ0n) is 15.3. The zero-order chi connectivity index (χ0) is 19.4. The number of thioether (sulfide) groups is 1. The molecule has 0 bridgehead atoms. The summed E-state index contributed by atoms with van der Waals surface area (Å²) in [5.41, 5.74) is 1.82. The third-order valence-electron chi connectivity index (χ3n) is 4.51. The Hall–Kier alpha value is -2.48. The van der Waals surface area contributed by atoms with Gasteiger partial charge >= 0.3 is 18.0 Å². The molecule has 1 saturated carbocycles. The van der Waals surface area contributed by atoms with Crippen molar-refractivity contribution in [2.24, 2.45) is 0 Å². The van der Waals surface area contributed by atoms with E-state index in [1.165, 1.54) is 26.0 Å². The zero-order valence-corrected chi connectivity index (χ0v) is 16.1. The number of urea groups is 1. The summed E-state index contributed by atoms with van der Waals surface area (Å²) in [5, 5.41) is 2.94. The van der Waals surface area contributed by atoms with Crippen molar-refractivity contribution >= 4 is 29.7 Å². The minimum absolute atomic E-state index is 0.0788. The maximum Gasteiger partial charge on any atom is 0.338 e. The van der Waals surface area contributed by atoms with Crippen molar-refractivity contribution in [3.63, 3.8) is 0 Å². The summed E-state index contributed by atoms with van der Waals surface area (Å²) in [4.78, 5) is 38.6. The Kier molecular flexibility index (Phi) is 6.05. The topological polar surface area (TPSA) is 84.9 Å². The van der Waals surface area contributed by atoms with E-state index in [4.69, 9.17) is 4.74 Å². The van der Waals surface area contributed by atoms with Gasteiger partial charge in [-0.25, -0.2) is 9.59 Å². The highest BCUT2D eigenvalue weighted by Gasteiger charge is 2.43. The standard InChI is InChI=1S/C19H22N2O5S/c1-25-15(22)11-27-10-14-16(18(23)26-2)17(12-6-4-3-5-7-12)20-19(24)21(14)13-8-9-13/h3-7,13,17H,8-11H2,1-2H3,(H,20,24). The molecule has 1 unspecified atom stereocenters. The fraction of sp³-hybridized carbons (Fsp3) is 0.421. The average molecular weight is 390 g/mol. The molecule has 27 heavy (non-hydrogen) atoms. The van der Waals surface area contributed by atoms with Gasteiger partial charge in [0.25, 0.3) is 0 Å². The molecule has 3 rings (SSSR count). The number of ether oxygens (including phenoxy) is 2. The number of benzene rings is 1. The van der Waals surface area contributed by atoms with E-state index in [2.05, 4.69) is 10.1 Å². The van der Waals surface area contributed by atoms with Crippen molar-refractivity contribution in [3.05, 3.63) is 47.2 Å². The fourth-order valence-corrected chi connectivity index (χ4v) is 3.96. The highest BCUT2D eigenvalue weighted by Crippen LogP contribution is 2.39. The molecule has 1 N–H and O–H groups in total. The molecule has 0 saturated heterocycles. The smallest absolute Gasteiger partial charge is 0.338 e. The Bertz CT molecular complexity index is 761. The Morgan fingerprint density at radius 2 is 1.89 bits per heavy atom. The van der Waals surface area contributed by atoms with Gasteiger partial charge in [-0.15, -0.1) is 11.8 Å². The fourth-order valence-electron chi connectivity index (χ4n) is 3.08. The SMILES string of the molecule is COC(=O)CSCC1=C(C(=O)OC)C(c2ccccc2)NC(=O)N1C1CC1. The molecule has 1 aromatic rings. The highest BCUT2D eigenvalue weighted by atomic mass is 32.2. The van der Waals surface area contributed by atoms with Gasteiger partial charge in [0.1, 0.15) is 0 Å². The number of hydrogen-bond donors (Lipinski definition) is 1. The van der Waals surface area contributed by atoms with Gasteiger partial charge in [0.15, 0.2) is 0 Å². The van der Waals surface area contributed by atoms with Crippen LogP contribution in [-0.2, 0) is 19.1 Å². The van der Waals surface area contributed by atoms with Crippen LogP contribution in [0.1, 0.15) is 24.4 Å². The van der Waals surface area contributed by atoms with Crippen LogP contribution >= 0.6 is 11.8 Å². The number of esters is 2. The van der Waals surface area contributed by atoms with Crippen molar-refractivity contribution in [1.29, 1.82) is 0 Å². The molecule has 2 aliphatic rings. The van der Waals surface area contributed by atoms with E-state index < -0.39 is 12.0 Å². The molecule has 144 valence electrons. The largest absolute Gasteiger partial charge is 0.468 e. The van der Waals surface area contributed by atoms with Crippen molar-refractivity contribution < 1.29 is 23.9 Å².